The zero-order chi connectivity index (χ0) is 19.1. The van der Waals surface area contributed by atoms with E-state index in [-0.39, 0.29) is 39.9 Å². The van der Waals surface area contributed by atoms with Crippen molar-refractivity contribution in [3.63, 3.8) is 0 Å². The number of hydrogen-bond acceptors (Lipinski definition) is 2. The predicted molar refractivity (Wildman–Crippen MR) is 113 cm³/mol. The molecule has 0 heterocycles. The van der Waals surface area contributed by atoms with E-state index in [0.29, 0.717) is 0 Å². The molecule has 0 amide bonds. The molecule has 2 aromatic rings. The molecule has 2 rings (SSSR count). The molecule has 0 unspecified atom stereocenters. The van der Waals surface area contributed by atoms with Crippen LogP contribution in [0.5, 0.6) is 0 Å². The van der Waals surface area contributed by atoms with Crippen LogP contribution in [0.1, 0.15) is 20.8 Å². The third kappa shape index (κ3) is 4.41. The molecule has 0 saturated heterocycles. The van der Waals surface area contributed by atoms with Gasteiger partial charge in [-0.2, -0.15) is 0 Å². The molecule has 136 valence electrons. The highest BCUT2D eigenvalue weighted by atomic mass is 79.9. The summed E-state index contributed by atoms with van der Waals surface area (Å²) in [5, 5.41) is 0.538. The number of halogens is 8. The molecule has 11 heteroatoms. The minimum Gasteiger partial charge on any atom is -0.218 e. The molecule has 0 bridgehead atoms. The SMILES string of the molecule is O=S(=O)(c1ccc(Cl)c(Br)c1C(Cl)Cl)c1ccc(Cl)c(Br)c1C(Cl)Cl. The van der Waals surface area contributed by atoms with E-state index in [9.17, 15) is 8.42 Å². The summed E-state index contributed by atoms with van der Waals surface area (Å²) in [4.78, 5) is -2.52. The van der Waals surface area contributed by atoms with Crippen molar-refractivity contribution < 1.29 is 8.42 Å². The maximum Gasteiger partial charge on any atom is 0.207 e. The highest BCUT2D eigenvalue weighted by Gasteiger charge is 2.31. The molecule has 2 nitrogen and oxygen atoms in total. The zero-order valence-electron chi connectivity index (χ0n) is 11.7. The van der Waals surface area contributed by atoms with E-state index in [1.54, 1.807) is 0 Å². The smallest absolute Gasteiger partial charge is 0.207 e. The lowest BCUT2D eigenvalue weighted by Crippen LogP contribution is -2.10. The Labute approximate surface area is 191 Å². The van der Waals surface area contributed by atoms with Gasteiger partial charge in [0.1, 0.15) is 9.67 Å². The van der Waals surface area contributed by atoms with Gasteiger partial charge in [-0.05, 0) is 56.1 Å². The Bertz CT molecular complexity index is 862. The number of sulfone groups is 1. The molecule has 0 aromatic heterocycles. The summed E-state index contributed by atoms with van der Waals surface area (Å²) in [7, 11) is -4.08. The second kappa shape index (κ2) is 8.62. The highest BCUT2D eigenvalue weighted by Crippen LogP contribution is 2.45. The van der Waals surface area contributed by atoms with E-state index in [0.717, 1.165) is 0 Å². The molecule has 0 spiro atoms. The first kappa shape index (κ1) is 22.4. The van der Waals surface area contributed by atoms with Gasteiger partial charge >= 0.3 is 0 Å². The molecule has 0 aliphatic rings. The van der Waals surface area contributed by atoms with Crippen molar-refractivity contribution in [2.75, 3.05) is 0 Å². The Kier molecular flexibility index (Phi) is 7.72. The first-order valence-corrected chi connectivity index (χ1v) is 11.8. The van der Waals surface area contributed by atoms with Gasteiger partial charge in [-0.25, -0.2) is 8.42 Å². The van der Waals surface area contributed by atoms with Gasteiger partial charge in [-0.15, -0.1) is 0 Å². The van der Waals surface area contributed by atoms with Gasteiger partial charge in [-0.1, -0.05) is 69.6 Å². The maximum absolute atomic E-state index is 13.2. The normalized spacial score (nSPS) is 12.2. The van der Waals surface area contributed by atoms with Gasteiger partial charge in [0.05, 0.1) is 19.8 Å². The van der Waals surface area contributed by atoms with Crippen LogP contribution in [0.15, 0.2) is 43.0 Å². The first-order chi connectivity index (χ1) is 11.5. The standard InChI is InChI=1S/C14H6Br2Cl6O2S/c15-11-5(17)1-3-7(9(11)13(19)20)25(23,24)8-4-2-6(18)12(16)10(8)14(21)22/h1-4,13-14H. The summed E-state index contributed by atoms with van der Waals surface area (Å²) in [5.74, 6) is 0. The van der Waals surface area contributed by atoms with E-state index >= 15 is 0 Å². The molecule has 0 radical (unpaired) electrons. The van der Waals surface area contributed by atoms with Crippen LogP contribution in [0.25, 0.3) is 0 Å². The fourth-order valence-corrected chi connectivity index (χ4v) is 7.28. The van der Waals surface area contributed by atoms with Gasteiger partial charge in [0.25, 0.3) is 0 Å². The second-order valence-electron chi connectivity index (χ2n) is 4.65. The topological polar surface area (TPSA) is 34.1 Å². The summed E-state index contributed by atoms with van der Waals surface area (Å²) < 4.78 is 27.1. The lowest BCUT2D eigenvalue weighted by molar-refractivity contribution is 0.594. The van der Waals surface area contributed by atoms with Crippen LogP contribution >= 0.6 is 101 Å². The van der Waals surface area contributed by atoms with Gasteiger partial charge < -0.3 is 0 Å². The van der Waals surface area contributed by atoms with E-state index < -0.39 is 19.5 Å². The molecule has 2 aromatic carbocycles. The van der Waals surface area contributed by atoms with Crippen LogP contribution in [0.4, 0.5) is 0 Å². The Morgan fingerprint density at radius 2 is 1.04 bits per heavy atom. The van der Waals surface area contributed by atoms with Crippen molar-refractivity contribution in [3.8, 4) is 0 Å². The summed E-state index contributed by atoms with van der Waals surface area (Å²) in [6, 6.07) is 5.47. The molecular weight excluding hydrogens is 605 g/mol. The van der Waals surface area contributed by atoms with Crippen molar-refractivity contribution in [2.45, 2.75) is 19.5 Å². The molecule has 0 aliphatic carbocycles. The Balaban J connectivity index is 2.87. The number of alkyl halides is 4. The molecule has 0 fully saturated rings. The quantitative estimate of drug-likeness (QED) is 0.327. The van der Waals surface area contributed by atoms with Crippen molar-refractivity contribution in [1.29, 1.82) is 0 Å². The summed E-state index contributed by atoms with van der Waals surface area (Å²) >= 11 is 42.4. The fourth-order valence-electron chi connectivity index (χ4n) is 2.09. The van der Waals surface area contributed by atoms with E-state index in [1.165, 1.54) is 24.3 Å². The molecule has 0 aliphatic heterocycles. The maximum atomic E-state index is 13.2. The van der Waals surface area contributed by atoms with Crippen LogP contribution in [0.3, 0.4) is 0 Å². The Morgan fingerprint density at radius 3 is 1.32 bits per heavy atom. The average Bonchev–Trinajstić information content (AvgIpc) is 2.51. The van der Waals surface area contributed by atoms with Crippen molar-refractivity contribution in [1.82, 2.24) is 0 Å². The third-order valence-electron chi connectivity index (χ3n) is 3.20. The van der Waals surface area contributed by atoms with Crippen molar-refractivity contribution >= 4 is 111 Å². The average molecular weight is 611 g/mol. The van der Waals surface area contributed by atoms with E-state index in [4.69, 9.17) is 69.6 Å². The second-order valence-corrected chi connectivity index (χ2v) is 11.1. The van der Waals surface area contributed by atoms with Crippen LogP contribution in [-0.4, -0.2) is 8.42 Å². The third-order valence-corrected chi connectivity index (χ3v) is 8.74. The molecule has 25 heavy (non-hydrogen) atoms. The van der Waals surface area contributed by atoms with Crippen LogP contribution in [-0.2, 0) is 9.84 Å². The largest absolute Gasteiger partial charge is 0.218 e. The van der Waals surface area contributed by atoms with Crippen molar-refractivity contribution in [3.05, 3.63) is 54.4 Å². The number of benzene rings is 2. The Hall–Kier alpha value is 1.09. The van der Waals surface area contributed by atoms with Gasteiger partial charge in [0.2, 0.25) is 9.84 Å². The van der Waals surface area contributed by atoms with Crippen LogP contribution < -0.4 is 0 Å². The zero-order valence-corrected chi connectivity index (χ0v) is 20.2. The predicted octanol–water partition coefficient (Wildman–Crippen LogP) is 8.30. The summed E-state index contributed by atoms with van der Waals surface area (Å²) in [6.07, 6.45) is 0. The van der Waals surface area contributed by atoms with Crippen molar-refractivity contribution in [2.24, 2.45) is 0 Å². The Morgan fingerprint density at radius 1 is 0.720 bits per heavy atom. The summed E-state index contributed by atoms with van der Waals surface area (Å²) in [6.45, 7) is 0. The molecule has 0 saturated carbocycles. The van der Waals surface area contributed by atoms with E-state index in [2.05, 4.69) is 31.9 Å². The van der Waals surface area contributed by atoms with Crippen LogP contribution in [0.2, 0.25) is 10.0 Å². The van der Waals surface area contributed by atoms with Gasteiger partial charge in [-0.3, -0.25) is 0 Å². The minimum atomic E-state index is -4.08. The van der Waals surface area contributed by atoms with Crippen LogP contribution in [0, 0.1) is 0 Å². The lowest BCUT2D eigenvalue weighted by atomic mass is 10.2. The highest BCUT2D eigenvalue weighted by molar-refractivity contribution is 9.11. The van der Waals surface area contributed by atoms with Gasteiger partial charge in [0, 0.05) is 20.1 Å². The van der Waals surface area contributed by atoms with Gasteiger partial charge in [0.15, 0.2) is 0 Å². The summed E-state index contributed by atoms with van der Waals surface area (Å²) in [5.41, 5.74) is 0.238. The number of hydrogen-bond donors (Lipinski definition) is 0. The minimum absolute atomic E-state index is 0.119. The fraction of sp³-hybridized carbons (Fsp3) is 0.143. The first-order valence-electron chi connectivity index (χ1n) is 6.27. The molecular formula is C14H6Br2Cl6O2S. The number of rotatable bonds is 4. The molecule has 0 atom stereocenters. The van der Waals surface area contributed by atoms with E-state index in [1.807, 2.05) is 0 Å². The molecule has 0 N–H and O–H groups in total. The monoisotopic (exact) mass is 606 g/mol. The lowest BCUT2D eigenvalue weighted by Gasteiger charge is -2.18.